The Morgan fingerprint density at radius 1 is 1.00 bits per heavy atom. The number of hydrogen-bond acceptors (Lipinski definition) is 5. The van der Waals surface area contributed by atoms with Gasteiger partial charge in [-0.2, -0.15) is 0 Å². The third-order valence-electron chi connectivity index (χ3n) is 5.79. The van der Waals surface area contributed by atoms with E-state index in [1.165, 1.54) is 0 Å². The lowest BCUT2D eigenvalue weighted by molar-refractivity contribution is -0.154. The Kier molecular flexibility index (Phi) is 9.14. The number of carbonyl (C=O) groups is 4. The number of rotatable bonds is 9. The number of carbonyl (C=O) groups excluding carboxylic acids is 4. The van der Waals surface area contributed by atoms with Crippen molar-refractivity contribution in [2.24, 2.45) is 5.92 Å². The zero-order valence-electron chi connectivity index (χ0n) is 19.3. The molecule has 2 aromatic rings. The number of amides is 2. The van der Waals surface area contributed by atoms with Crippen molar-refractivity contribution in [2.75, 3.05) is 19.7 Å². The number of esters is 1. The van der Waals surface area contributed by atoms with Crippen LogP contribution in [-0.4, -0.2) is 54.2 Å². The van der Waals surface area contributed by atoms with Crippen LogP contribution in [0.25, 0.3) is 6.08 Å². The minimum absolute atomic E-state index is 0.0851. The summed E-state index contributed by atoms with van der Waals surface area (Å²) in [4.78, 5) is 51.8. The van der Waals surface area contributed by atoms with Gasteiger partial charge in [0.25, 0.3) is 5.78 Å². The van der Waals surface area contributed by atoms with Gasteiger partial charge in [0.05, 0.1) is 6.61 Å². The van der Waals surface area contributed by atoms with Crippen LogP contribution in [0.1, 0.15) is 30.9 Å². The SMILES string of the molecule is CCOC(=O)C(=O)C(Cc1ccccc1)NC(=O)C1CCN(C(=O)/C=C/c2ccccc2)CC1. The van der Waals surface area contributed by atoms with E-state index >= 15 is 0 Å². The highest BCUT2D eigenvalue weighted by Crippen LogP contribution is 2.19. The third-order valence-corrected chi connectivity index (χ3v) is 5.79. The highest BCUT2D eigenvalue weighted by molar-refractivity contribution is 6.36. The highest BCUT2D eigenvalue weighted by atomic mass is 16.5. The summed E-state index contributed by atoms with van der Waals surface area (Å²) in [5, 5.41) is 2.76. The van der Waals surface area contributed by atoms with Crippen molar-refractivity contribution in [1.29, 1.82) is 0 Å². The van der Waals surface area contributed by atoms with Gasteiger partial charge in [-0.15, -0.1) is 0 Å². The van der Waals surface area contributed by atoms with Crippen LogP contribution in [-0.2, 0) is 30.3 Å². The predicted octanol–water partition coefficient (Wildman–Crippen LogP) is 2.80. The quantitative estimate of drug-likeness (QED) is 0.351. The Bertz CT molecular complexity index is 1010. The summed E-state index contributed by atoms with van der Waals surface area (Å²) in [5.41, 5.74) is 1.77. The zero-order valence-corrected chi connectivity index (χ0v) is 19.3. The van der Waals surface area contributed by atoms with Crippen molar-refractivity contribution in [1.82, 2.24) is 10.2 Å². The van der Waals surface area contributed by atoms with Crippen molar-refractivity contribution >= 4 is 29.6 Å². The minimum atomic E-state index is -0.998. The predicted molar refractivity (Wildman–Crippen MR) is 128 cm³/mol. The first-order chi connectivity index (χ1) is 16.5. The van der Waals surface area contributed by atoms with E-state index in [1.807, 2.05) is 60.7 Å². The minimum Gasteiger partial charge on any atom is -0.460 e. The van der Waals surface area contributed by atoms with E-state index in [1.54, 1.807) is 24.0 Å². The fraction of sp³-hybridized carbons (Fsp3) is 0.333. The molecule has 0 saturated carbocycles. The number of nitrogens with zero attached hydrogens (tertiary/aromatic N) is 1. The largest absolute Gasteiger partial charge is 0.460 e. The van der Waals surface area contributed by atoms with Gasteiger partial charge >= 0.3 is 5.97 Å². The van der Waals surface area contributed by atoms with Gasteiger partial charge in [0.15, 0.2) is 0 Å². The Morgan fingerprint density at radius 2 is 1.62 bits per heavy atom. The van der Waals surface area contributed by atoms with Gasteiger partial charge in [0.1, 0.15) is 6.04 Å². The lowest BCUT2D eigenvalue weighted by atomic mass is 9.94. The number of piperidine rings is 1. The molecule has 0 bridgehead atoms. The second-order valence-corrected chi connectivity index (χ2v) is 8.18. The van der Waals surface area contributed by atoms with E-state index in [-0.39, 0.29) is 30.8 Å². The standard InChI is InChI=1S/C27H30N2O5/c1-2-34-27(33)25(31)23(19-21-11-7-4-8-12-21)28-26(32)22-15-17-29(18-16-22)24(30)14-13-20-9-5-3-6-10-20/h3-14,22-23H,2,15-19H2,1H3,(H,28,32)/b14-13+. The van der Waals surface area contributed by atoms with Crippen molar-refractivity contribution < 1.29 is 23.9 Å². The fourth-order valence-corrected chi connectivity index (χ4v) is 3.89. The fourth-order valence-electron chi connectivity index (χ4n) is 3.89. The molecule has 0 aliphatic carbocycles. The van der Waals surface area contributed by atoms with E-state index in [2.05, 4.69) is 5.32 Å². The van der Waals surface area contributed by atoms with Gasteiger partial charge in [0, 0.05) is 31.5 Å². The lowest BCUT2D eigenvalue weighted by Gasteiger charge is -2.31. The van der Waals surface area contributed by atoms with Crippen molar-refractivity contribution in [3.05, 3.63) is 77.9 Å². The molecule has 1 atom stereocenters. The molecule has 1 heterocycles. The second kappa shape index (κ2) is 12.5. The number of nitrogens with one attached hydrogen (secondary N) is 1. The van der Waals surface area contributed by atoms with Gasteiger partial charge in [-0.05, 0) is 37.0 Å². The topological polar surface area (TPSA) is 92.8 Å². The summed E-state index contributed by atoms with van der Waals surface area (Å²) < 4.78 is 4.85. The van der Waals surface area contributed by atoms with E-state index in [4.69, 9.17) is 4.74 Å². The van der Waals surface area contributed by atoms with Gasteiger partial charge < -0.3 is 15.0 Å². The normalized spacial score (nSPS) is 15.0. The number of hydrogen-bond donors (Lipinski definition) is 1. The molecule has 34 heavy (non-hydrogen) atoms. The van der Waals surface area contributed by atoms with Gasteiger partial charge in [-0.25, -0.2) is 4.79 Å². The monoisotopic (exact) mass is 462 g/mol. The van der Waals surface area contributed by atoms with E-state index in [9.17, 15) is 19.2 Å². The molecule has 3 rings (SSSR count). The maximum Gasteiger partial charge on any atom is 0.376 e. The molecule has 7 nitrogen and oxygen atoms in total. The van der Waals surface area contributed by atoms with Gasteiger partial charge in [0.2, 0.25) is 11.8 Å². The number of ether oxygens (including phenoxy) is 1. The first-order valence-corrected chi connectivity index (χ1v) is 11.5. The van der Waals surface area contributed by atoms with Crippen LogP contribution in [0.3, 0.4) is 0 Å². The molecule has 178 valence electrons. The van der Waals surface area contributed by atoms with Crippen LogP contribution in [0.4, 0.5) is 0 Å². The highest BCUT2D eigenvalue weighted by Gasteiger charge is 2.32. The van der Waals surface area contributed by atoms with Crippen molar-refractivity contribution in [3.8, 4) is 0 Å². The van der Waals surface area contributed by atoms with Gasteiger partial charge in [-0.1, -0.05) is 60.7 Å². The molecular formula is C27H30N2O5. The number of likely N-dealkylation sites (tertiary alicyclic amines) is 1. The van der Waals surface area contributed by atoms with Crippen LogP contribution in [0, 0.1) is 5.92 Å². The molecule has 1 aliphatic rings. The molecule has 1 N–H and O–H groups in total. The average molecular weight is 463 g/mol. The van der Waals surface area contributed by atoms with Crippen LogP contribution >= 0.6 is 0 Å². The van der Waals surface area contributed by atoms with Crippen LogP contribution in [0.15, 0.2) is 66.7 Å². The maximum atomic E-state index is 12.9. The molecule has 1 unspecified atom stereocenters. The number of Topliss-reactive ketones (excluding diaryl/α,β-unsaturated/α-hetero) is 1. The molecule has 1 aliphatic heterocycles. The molecule has 1 fully saturated rings. The van der Waals surface area contributed by atoms with E-state index in [0.717, 1.165) is 11.1 Å². The molecular weight excluding hydrogens is 432 g/mol. The smallest absolute Gasteiger partial charge is 0.376 e. The summed E-state index contributed by atoms with van der Waals surface area (Å²) in [6, 6.07) is 17.8. The van der Waals surface area contributed by atoms with Crippen LogP contribution in [0.2, 0.25) is 0 Å². The number of ketones is 1. The van der Waals surface area contributed by atoms with E-state index < -0.39 is 17.8 Å². The molecule has 0 aromatic heterocycles. The maximum absolute atomic E-state index is 12.9. The summed E-state index contributed by atoms with van der Waals surface area (Å²) in [7, 11) is 0. The molecule has 2 amide bonds. The summed E-state index contributed by atoms with van der Waals surface area (Å²) in [5.74, 6) is -2.44. The Hall–Kier alpha value is -3.74. The average Bonchev–Trinajstić information content (AvgIpc) is 2.88. The van der Waals surface area contributed by atoms with E-state index in [0.29, 0.717) is 25.9 Å². The third kappa shape index (κ3) is 7.13. The Balaban J connectivity index is 1.57. The lowest BCUT2D eigenvalue weighted by Crippen LogP contribution is -2.50. The zero-order chi connectivity index (χ0) is 24.3. The number of benzene rings is 2. The first-order valence-electron chi connectivity index (χ1n) is 11.5. The molecule has 7 heteroatoms. The summed E-state index contributed by atoms with van der Waals surface area (Å²) >= 11 is 0. The molecule has 0 spiro atoms. The molecule has 0 radical (unpaired) electrons. The molecule has 1 saturated heterocycles. The Morgan fingerprint density at radius 3 is 2.24 bits per heavy atom. The van der Waals surface area contributed by atoms with Crippen LogP contribution in [0.5, 0.6) is 0 Å². The van der Waals surface area contributed by atoms with Crippen LogP contribution < -0.4 is 5.32 Å². The van der Waals surface area contributed by atoms with Gasteiger partial charge in [-0.3, -0.25) is 14.4 Å². The molecule has 2 aromatic carbocycles. The second-order valence-electron chi connectivity index (χ2n) is 8.18. The summed E-state index contributed by atoms with van der Waals surface area (Å²) in [6.45, 7) is 2.61. The first kappa shape index (κ1) is 24.9. The van der Waals surface area contributed by atoms with Crippen molar-refractivity contribution in [2.45, 2.75) is 32.2 Å². The van der Waals surface area contributed by atoms with Crippen molar-refractivity contribution in [3.63, 3.8) is 0 Å². The summed E-state index contributed by atoms with van der Waals surface area (Å²) in [6.07, 6.45) is 4.50. The Labute approximate surface area is 199 Å².